The Morgan fingerprint density at radius 3 is 2.44 bits per heavy atom. The molecule has 0 fully saturated rings. The minimum absolute atomic E-state index is 0.155. The second kappa shape index (κ2) is 4.27. The van der Waals surface area contributed by atoms with Crippen LogP contribution in [0.4, 0.5) is 5.69 Å². The Morgan fingerprint density at radius 1 is 1.19 bits per heavy atom. The lowest BCUT2D eigenvalue weighted by molar-refractivity contribution is 0.598. The molecule has 0 bridgehead atoms. The fourth-order valence-corrected chi connectivity index (χ4v) is 2.49. The number of benzene rings is 1. The Labute approximate surface area is 95.2 Å². The zero-order chi connectivity index (χ0) is 11.6. The minimum Gasteiger partial charge on any atom is -0.381 e. The first-order chi connectivity index (χ1) is 7.57. The van der Waals surface area contributed by atoms with Gasteiger partial charge >= 0.3 is 0 Å². The van der Waals surface area contributed by atoms with E-state index >= 15 is 0 Å². The quantitative estimate of drug-likeness (QED) is 0.783. The molecule has 4 nitrogen and oxygen atoms in total. The van der Waals surface area contributed by atoms with E-state index in [-0.39, 0.29) is 10.9 Å². The molecular weight excluding hydrogens is 224 g/mol. The van der Waals surface area contributed by atoms with Gasteiger partial charge in [-0.15, -0.1) is 0 Å². The molecule has 0 aromatic heterocycles. The number of sulfonamides is 1. The molecule has 0 heterocycles. The second-order valence-corrected chi connectivity index (χ2v) is 5.36. The molecule has 0 radical (unpaired) electrons. The molecule has 2 rings (SSSR count). The highest BCUT2D eigenvalue weighted by Gasteiger charge is 2.16. The maximum atomic E-state index is 11.3. The molecule has 0 spiro atoms. The number of nitrogens with one attached hydrogen (secondary N) is 1. The average Bonchev–Trinajstić information content (AvgIpc) is 2.70. The van der Waals surface area contributed by atoms with E-state index in [1.807, 2.05) is 0 Å². The van der Waals surface area contributed by atoms with Crippen molar-refractivity contribution >= 4 is 15.7 Å². The molecule has 1 aliphatic rings. The Bertz CT molecular complexity index is 500. The first-order valence-corrected chi connectivity index (χ1v) is 6.65. The van der Waals surface area contributed by atoms with Gasteiger partial charge in [0.15, 0.2) is 0 Å². The van der Waals surface area contributed by atoms with Gasteiger partial charge in [0.1, 0.15) is 4.90 Å². The van der Waals surface area contributed by atoms with Gasteiger partial charge in [-0.1, -0.05) is 24.3 Å². The molecular formula is C11H14N2O2S. The van der Waals surface area contributed by atoms with Crippen molar-refractivity contribution in [2.45, 2.75) is 23.8 Å². The van der Waals surface area contributed by atoms with E-state index in [9.17, 15) is 8.42 Å². The van der Waals surface area contributed by atoms with Crippen molar-refractivity contribution in [2.75, 3.05) is 5.32 Å². The van der Waals surface area contributed by atoms with Crippen LogP contribution in [0.5, 0.6) is 0 Å². The van der Waals surface area contributed by atoms with E-state index in [2.05, 4.69) is 17.5 Å². The maximum Gasteiger partial charge on any atom is 0.240 e. The summed E-state index contributed by atoms with van der Waals surface area (Å²) in [6, 6.07) is 6.97. The van der Waals surface area contributed by atoms with Crippen molar-refractivity contribution in [1.29, 1.82) is 0 Å². The second-order valence-electron chi connectivity index (χ2n) is 3.83. The van der Waals surface area contributed by atoms with Crippen molar-refractivity contribution in [2.24, 2.45) is 5.14 Å². The van der Waals surface area contributed by atoms with Gasteiger partial charge in [-0.3, -0.25) is 0 Å². The first kappa shape index (κ1) is 11.2. The predicted molar refractivity (Wildman–Crippen MR) is 63.6 cm³/mol. The molecule has 0 unspecified atom stereocenters. The van der Waals surface area contributed by atoms with Gasteiger partial charge < -0.3 is 5.32 Å². The standard InChI is InChI=1S/C11H14N2O2S/c12-16(14,15)11-8-4-3-7-10(11)13-9-5-1-2-6-9/h1-4,7-9,13H,5-6H2,(H2,12,14,15). The minimum atomic E-state index is -3.66. The van der Waals surface area contributed by atoms with Crippen LogP contribution in [0.1, 0.15) is 12.8 Å². The van der Waals surface area contributed by atoms with Crippen LogP contribution < -0.4 is 10.5 Å². The molecule has 1 aromatic rings. The molecule has 86 valence electrons. The SMILES string of the molecule is NS(=O)(=O)c1ccccc1NC1CC=CC1. The van der Waals surface area contributed by atoms with Crippen LogP contribution in [0.3, 0.4) is 0 Å². The van der Waals surface area contributed by atoms with Crippen molar-refractivity contribution in [3.05, 3.63) is 36.4 Å². The zero-order valence-corrected chi connectivity index (χ0v) is 9.57. The van der Waals surface area contributed by atoms with Gasteiger partial charge in [0.2, 0.25) is 10.0 Å². The lowest BCUT2D eigenvalue weighted by Crippen LogP contribution is -2.20. The van der Waals surface area contributed by atoms with Crippen LogP contribution in [0.2, 0.25) is 0 Å². The zero-order valence-electron chi connectivity index (χ0n) is 8.76. The van der Waals surface area contributed by atoms with E-state index < -0.39 is 10.0 Å². The summed E-state index contributed by atoms with van der Waals surface area (Å²) >= 11 is 0. The lowest BCUT2D eigenvalue weighted by atomic mass is 10.2. The molecule has 0 amide bonds. The highest BCUT2D eigenvalue weighted by Crippen LogP contribution is 2.23. The fourth-order valence-electron chi connectivity index (χ4n) is 1.79. The Balaban J connectivity index is 2.26. The van der Waals surface area contributed by atoms with Crippen molar-refractivity contribution < 1.29 is 8.42 Å². The molecule has 1 aromatic carbocycles. The van der Waals surface area contributed by atoms with Crippen molar-refractivity contribution in [3.8, 4) is 0 Å². The van der Waals surface area contributed by atoms with Crippen LogP contribution >= 0.6 is 0 Å². The predicted octanol–water partition coefficient (Wildman–Crippen LogP) is 1.46. The molecule has 16 heavy (non-hydrogen) atoms. The molecule has 0 saturated carbocycles. The van der Waals surface area contributed by atoms with Crippen LogP contribution in [0.25, 0.3) is 0 Å². The third-order valence-corrected chi connectivity index (χ3v) is 3.53. The summed E-state index contributed by atoms with van der Waals surface area (Å²) in [6.07, 6.45) is 5.99. The number of anilines is 1. The van der Waals surface area contributed by atoms with Crippen LogP contribution in [0, 0.1) is 0 Å². The Morgan fingerprint density at radius 2 is 1.81 bits per heavy atom. The fraction of sp³-hybridized carbons (Fsp3) is 0.273. The number of hydrogen-bond donors (Lipinski definition) is 2. The van der Waals surface area contributed by atoms with Crippen molar-refractivity contribution in [3.63, 3.8) is 0 Å². The van der Waals surface area contributed by atoms with E-state index in [1.165, 1.54) is 6.07 Å². The molecule has 3 N–H and O–H groups in total. The topological polar surface area (TPSA) is 72.2 Å². The molecule has 0 atom stereocenters. The molecule has 1 aliphatic carbocycles. The Hall–Kier alpha value is -1.33. The summed E-state index contributed by atoms with van der Waals surface area (Å²) in [5.74, 6) is 0. The van der Waals surface area contributed by atoms with E-state index in [1.54, 1.807) is 18.2 Å². The molecule has 0 saturated heterocycles. The summed E-state index contributed by atoms with van der Waals surface area (Å²) < 4.78 is 22.7. The first-order valence-electron chi connectivity index (χ1n) is 5.11. The monoisotopic (exact) mass is 238 g/mol. The number of rotatable bonds is 3. The number of para-hydroxylation sites is 1. The summed E-state index contributed by atoms with van der Waals surface area (Å²) in [7, 11) is -3.66. The normalized spacial score (nSPS) is 16.6. The van der Waals surface area contributed by atoms with Gasteiger partial charge in [0, 0.05) is 6.04 Å². The highest BCUT2D eigenvalue weighted by molar-refractivity contribution is 7.89. The third kappa shape index (κ3) is 2.43. The van der Waals surface area contributed by atoms with E-state index in [4.69, 9.17) is 5.14 Å². The molecule has 5 heteroatoms. The average molecular weight is 238 g/mol. The number of primary sulfonamides is 1. The molecule has 0 aliphatic heterocycles. The van der Waals surface area contributed by atoms with Crippen LogP contribution in [0.15, 0.2) is 41.3 Å². The Kier molecular flexibility index (Phi) is 2.98. The van der Waals surface area contributed by atoms with Gasteiger partial charge in [-0.2, -0.15) is 0 Å². The lowest BCUT2D eigenvalue weighted by Gasteiger charge is -2.15. The van der Waals surface area contributed by atoms with Crippen LogP contribution in [-0.2, 0) is 10.0 Å². The van der Waals surface area contributed by atoms with Crippen molar-refractivity contribution in [1.82, 2.24) is 0 Å². The van der Waals surface area contributed by atoms with Gasteiger partial charge in [-0.25, -0.2) is 13.6 Å². The van der Waals surface area contributed by atoms with E-state index in [0.717, 1.165) is 12.8 Å². The highest BCUT2D eigenvalue weighted by atomic mass is 32.2. The largest absolute Gasteiger partial charge is 0.381 e. The number of nitrogens with two attached hydrogens (primary N) is 1. The van der Waals surface area contributed by atoms with E-state index in [0.29, 0.717) is 5.69 Å². The van der Waals surface area contributed by atoms with Crippen LogP contribution in [-0.4, -0.2) is 14.5 Å². The summed E-state index contributed by atoms with van der Waals surface area (Å²) in [5, 5.41) is 8.34. The van der Waals surface area contributed by atoms with Gasteiger partial charge in [0.05, 0.1) is 5.69 Å². The summed E-state index contributed by atoms with van der Waals surface area (Å²) in [5.41, 5.74) is 0.582. The smallest absolute Gasteiger partial charge is 0.240 e. The summed E-state index contributed by atoms with van der Waals surface area (Å²) in [4.78, 5) is 0.155. The number of hydrogen-bond acceptors (Lipinski definition) is 3. The van der Waals surface area contributed by atoms with Gasteiger partial charge in [-0.05, 0) is 25.0 Å². The maximum absolute atomic E-state index is 11.3. The summed E-state index contributed by atoms with van der Waals surface area (Å²) in [6.45, 7) is 0. The van der Waals surface area contributed by atoms with Gasteiger partial charge in [0.25, 0.3) is 0 Å². The third-order valence-electron chi connectivity index (χ3n) is 2.56.